The Balaban J connectivity index is 2.28. The Morgan fingerprint density at radius 1 is 1.75 bits per heavy atom. The van der Waals surface area contributed by atoms with Crippen molar-refractivity contribution in [1.82, 2.24) is 9.55 Å². The summed E-state index contributed by atoms with van der Waals surface area (Å²) in [5.74, 6) is 0. The highest BCUT2D eigenvalue weighted by molar-refractivity contribution is 5.15. The molecule has 5 heteroatoms. The second kappa shape index (κ2) is 4.24. The Kier molecular flexibility index (Phi) is 2.95. The Hall–Kier alpha value is -1.38. The molecule has 1 aliphatic rings. The molecule has 1 aliphatic heterocycles. The van der Waals surface area contributed by atoms with Crippen molar-refractivity contribution in [1.29, 1.82) is 5.26 Å². The third-order valence-corrected chi connectivity index (χ3v) is 3.15. The van der Waals surface area contributed by atoms with Crippen molar-refractivity contribution in [3.05, 3.63) is 18.2 Å². The standard InChI is InChI=1S/C11H15N3O2/c1-14-8-13-5-9(14)10(15)11(6-12)3-2-4-16-7-11/h5,8,10,15H,2-4,7H2,1H3. The van der Waals surface area contributed by atoms with E-state index >= 15 is 0 Å². The van der Waals surface area contributed by atoms with Gasteiger partial charge in [-0.1, -0.05) is 0 Å². The van der Waals surface area contributed by atoms with Crippen LogP contribution in [0.2, 0.25) is 0 Å². The molecule has 16 heavy (non-hydrogen) atoms. The van der Waals surface area contributed by atoms with E-state index in [1.165, 1.54) is 0 Å². The average Bonchev–Trinajstić information content (AvgIpc) is 2.75. The summed E-state index contributed by atoms with van der Waals surface area (Å²) in [4.78, 5) is 3.96. The van der Waals surface area contributed by atoms with Crippen LogP contribution in [0, 0.1) is 16.7 Å². The molecule has 1 aromatic heterocycles. The van der Waals surface area contributed by atoms with Crippen molar-refractivity contribution in [3.63, 3.8) is 0 Å². The molecule has 0 aromatic carbocycles. The zero-order valence-electron chi connectivity index (χ0n) is 9.26. The topological polar surface area (TPSA) is 71.1 Å². The molecular weight excluding hydrogens is 206 g/mol. The number of imidazole rings is 1. The van der Waals surface area contributed by atoms with Crippen LogP contribution >= 0.6 is 0 Å². The fraction of sp³-hybridized carbons (Fsp3) is 0.636. The molecule has 0 amide bonds. The lowest BCUT2D eigenvalue weighted by atomic mass is 9.77. The summed E-state index contributed by atoms with van der Waals surface area (Å²) in [6.45, 7) is 0.956. The van der Waals surface area contributed by atoms with Crippen LogP contribution in [0.4, 0.5) is 0 Å². The molecule has 1 aromatic rings. The van der Waals surface area contributed by atoms with Crippen molar-refractivity contribution in [3.8, 4) is 6.07 Å². The Morgan fingerprint density at radius 3 is 3.06 bits per heavy atom. The van der Waals surface area contributed by atoms with E-state index in [2.05, 4.69) is 11.1 Å². The number of aliphatic hydroxyl groups is 1. The SMILES string of the molecule is Cn1cncc1C(O)C1(C#N)CCCOC1. The molecule has 0 aliphatic carbocycles. The molecule has 0 spiro atoms. The van der Waals surface area contributed by atoms with Gasteiger partial charge in [0.25, 0.3) is 0 Å². The van der Waals surface area contributed by atoms with E-state index in [-0.39, 0.29) is 6.61 Å². The second-order valence-corrected chi connectivity index (χ2v) is 4.26. The minimum Gasteiger partial charge on any atom is -0.385 e. The molecule has 86 valence electrons. The smallest absolute Gasteiger partial charge is 0.116 e. The number of ether oxygens (including phenoxy) is 1. The van der Waals surface area contributed by atoms with Gasteiger partial charge in [0, 0.05) is 13.7 Å². The number of aryl methyl sites for hydroxylation is 1. The van der Waals surface area contributed by atoms with Crippen molar-refractivity contribution < 1.29 is 9.84 Å². The van der Waals surface area contributed by atoms with Gasteiger partial charge in [-0.3, -0.25) is 0 Å². The molecule has 1 saturated heterocycles. The van der Waals surface area contributed by atoms with Gasteiger partial charge >= 0.3 is 0 Å². The van der Waals surface area contributed by atoms with E-state index in [9.17, 15) is 10.4 Å². The highest BCUT2D eigenvalue weighted by Gasteiger charge is 2.42. The lowest BCUT2D eigenvalue weighted by Gasteiger charge is -2.34. The summed E-state index contributed by atoms with van der Waals surface area (Å²) in [6, 6.07) is 2.22. The summed E-state index contributed by atoms with van der Waals surface area (Å²) in [5, 5.41) is 19.6. The predicted molar refractivity (Wildman–Crippen MR) is 56.3 cm³/mol. The molecule has 1 fully saturated rings. The molecule has 1 N–H and O–H groups in total. The molecule has 5 nitrogen and oxygen atoms in total. The number of rotatable bonds is 2. The van der Waals surface area contributed by atoms with E-state index in [1.807, 2.05) is 0 Å². The normalized spacial score (nSPS) is 27.3. The summed E-state index contributed by atoms with van der Waals surface area (Å²) >= 11 is 0. The Bertz CT molecular complexity index is 402. The van der Waals surface area contributed by atoms with Crippen LogP contribution in [0.1, 0.15) is 24.6 Å². The van der Waals surface area contributed by atoms with Gasteiger partial charge < -0.3 is 14.4 Å². The van der Waals surface area contributed by atoms with Gasteiger partial charge in [-0.25, -0.2) is 4.98 Å². The first-order valence-corrected chi connectivity index (χ1v) is 5.33. The quantitative estimate of drug-likeness (QED) is 0.800. The zero-order chi connectivity index (χ0) is 11.6. The minimum atomic E-state index is -0.842. The van der Waals surface area contributed by atoms with Gasteiger partial charge in [-0.2, -0.15) is 5.26 Å². The fourth-order valence-electron chi connectivity index (χ4n) is 2.10. The van der Waals surface area contributed by atoms with Crippen LogP contribution in [-0.4, -0.2) is 27.9 Å². The maximum atomic E-state index is 10.3. The van der Waals surface area contributed by atoms with Crippen LogP contribution < -0.4 is 0 Å². The number of aromatic nitrogens is 2. The lowest BCUT2D eigenvalue weighted by molar-refractivity contribution is -0.0530. The molecule has 2 heterocycles. The molecular formula is C11H15N3O2. The van der Waals surface area contributed by atoms with E-state index in [4.69, 9.17) is 4.74 Å². The first kappa shape index (κ1) is 11.1. The van der Waals surface area contributed by atoms with E-state index in [0.29, 0.717) is 18.7 Å². The van der Waals surface area contributed by atoms with Crippen molar-refractivity contribution >= 4 is 0 Å². The fourth-order valence-corrected chi connectivity index (χ4v) is 2.10. The van der Waals surface area contributed by atoms with E-state index in [0.717, 1.165) is 6.42 Å². The number of aliphatic hydroxyl groups excluding tert-OH is 1. The molecule has 2 rings (SSSR count). The second-order valence-electron chi connectivity index (χ2n) is 4.26. The first-order valence-electron chi connectivity index (χ1n) is 5.33. The average molecular weight is 221 g/mol. The maximum absolute atomic E-state index is 10.3. The minimum absolute atomic E-state index is 0.288. The summed E-state index contributed by atoms with van der Waals surface area (Å²) < 4.78 is 7.06. The van der Waals surface area contributed by atoms with Gasteiger partial charge in [0.2, 0.25) is 0 Å². The van der Waals surface area contributed by atoms with Crippen molar-refractivity contribution in [2.45, 2.75) is 18.9 Å². The highest BCUT2D eigenvalue weighted by Crippen LogP contribution is 2.39. The Labute approximate surface area is 94.3 Å². The Morgan fingerprint density at radius 2 is 2.56 bits per heavy atom. The monoisotopic (exact) mass is 221 g/mol. The number of hydrogen-bond donors (Lipinski definition) is 1. The van der Waals surface area contributed by atoms with Gasteiger partial charge in [0.05, 0.1) is 30.9 Å². The van der Waals surface area contributed by atoms with Gasteiger partial charge in [0.15, 0.2) is 0 Å². The molecule has 2 unspecified atom stereocenters. The third kappa shape index (κ3) is 1.70. The van der Waals surface area contributed by atoms with Crippen LogP contribution in [0.15, 0.2) is 12.5 Å². The zero-order valence-corrected chi connectivity index (χ0v) is 9.26. The van der Waals surface area contributed by atoms with Crippen LogP contribution in [0.3, 0.4) is 0 Å². The lowest BCUT2D eigenvalue weighted by Crippen LogP contribution is -2.37. The third-order valence-electron chi connectivity index (χ3n) is 3.15. The van der Waals surface area contributed by atoms with Gasteiger partial charge in [-0.15, -0.1) is 0 Å². The molecule has 0 saturated carbocycles. The number of nitriles is 1. The predicted octanol–water partition coefficient (Wildman–Crippen LogP) is 0.774. The largest absolute Gasteiger partial charge is 0.385 e. The summed E-state index contributed by atoms with van der Waals surface area (Å²) in [7, 11) is 1.81. The van der Waals surface area contributed by atoms with Crippen LogP contribution in [-0.2, 0) is 11.8 Å². The van der Waals surface area contributed by atoms with E-state index < -0.39 is 11.5 Å². The highest BCUT2D eigenvalue weighted by atomic mass is 16.5. The molecule has 0 bridgehead atoms. The molecule has 2 atom stereocenters. The number of nitrogens with zero attached hydrogens (tertiary/aromatic N) is 3. The summed E-state index contributed by atoms with van der Waals surface area (Å²) in [6.07, 6.45) is 3.84. The van der Waals surface area contributed by atoms with Crippen molar-refractivity contribution in [2.75, 3.05) is 13.2 Å². The van der Waals surface area contributed by atoms with E-state index in [1.54, 1.807) is 24.1 Å². The number of hydrogen-bond acceptors (Lipinski definition) is 4. The van der Waals surface area contributed by atoms with Crippen LogP contribution in [0.5, 0.6) is 0 Å². The summed E-state index contributed by atoms with van der Waals surface area (Å²) in [5.41, 5.74) is -0.168. The molecule has 0 radical (unpaired) electrons. The first-order chi connectivity index (χ1) is 7.69. The van der Waals surface area contributed by atoms with Crippen molar-refractivity contribution in [2.24, 2.45) is 12.5 Å². The van der Waals surface area contributed by atoms with Gasteiger partial charge in [-0.05, 0) is 12.8 Å². The van der Waals surface area contributed by atoms with Gasteiger partial charge in [0.1, 0.15) is 11.5 Å². The van der Waals surface area contributed by atoms with Crippen LogP contribution in [0.25, 0.3) is 0 Å². The maximum Gasteiger partial charge on any atom is 0.116 e.